The van der Waals surface area contributed by atoms with Crippen molar-refractivity contribution >= 4 is 29.2 Å². The first-order valence-electron chi connectivity index (χ1n) is 11.4. The van der Waals surface area contributed by atoms with Crippen LogP contribution in [0.5, 0.6) is 5.75 Å². The Kier molecular flexibility index (Phi) is 7.81. The molecule has 0 spiro atoms. The standard InChI is InChI=1S/C26H28Cl2N2O4/c1-16(2)25-20(24(29-34-25)23-21(27)4-3-5-22(23)28)14-30-12-10-17(11-13-30)15-33-19-8-6-18(7-9-19)26(31)32/h3-9,16-17H,10-15H2,1-2H3,(H,31,32). The molecule has 0 saturated carbocycles. The molecule has 0 bridgehead atoms. The van der Waals surface area contributed by atoms with E-state index in [0.29, 0.717) is 33.9 Å². The summed E-state index contributed by atoms with van der Waals surface area (Å²) in [5.41, 5.74) is 2.73. The largest absolute Gasteiger partial charge is 0.493 e. The Morgan fingerprint density at radius 3 is 2.38 bits per heavy atom. The molecule has 1 aliphatic heterocycles. The van der Waals surface area contributed by atoms with Gasteiger partial charge in [-0.15, -0.1) is 0 Å². The number of carboxylic acids is 1. The van der Waals surface area contributed by atoms with Crippen LogP contribution in [0.3, 0.4) is 0 Å². The first-order chi connectivity index (χ1) is 16.3. The van der Waals surface area contributed by atoms with E-state index < -0.39 is 5.97 Å². The monoisotopic (exact) mass is 502 g/mol. The van der Waals surface area contributed by atoms with E-state index in [-0.39, 0.29) is 11.5 Å². The van der Waals surface area contributed by atoms with Crippen molar-refractivity contribution in [2.24, 2.45) is 5.92 Å². The van der Waals surface area contributed by atoms with Gasteiger partial charge in [-0.1, -0.05) is 48.3 Å². The number of hydrogen-bond acceptors (Lipinski definition) is 5. The van der Waals surface area contributed by atoms with Gasteiger partial charge in [-0.3, -0.25) is 4.90 Å². The van der Waals surface area contributed by atoms with Crippen LogP contribution in [-0.4, -0.2) is 40.8 Å². The van der Waals surface area contributed by atoms with Gasteiger partial charge in [0, 0.05) is 23.6 Å². The van der Waals surface area contributed by atoms with Gasteiger partial charge in [0.2, 0.25) is 0 Å². The number of halogens is 2. The minimum Gasteiger partial charge on any atom is -0.493 e. The number of piperidine rings is 1. The van der Waals surface area contributed by atoms with Crippen LogP contribution in [0.2, 0.25) is 10.0 Å². The Morgan fingerprint density at radius 1 is 1.15 bits per heavy atom. The first kappa shape index (κ1) is 24.6. The lowest BCUT2D eigenvalue weighted by Crippen LogP contribution is -2.35. The molecule has 6 nitrogen and oxygen atoms in total. The lowest BCUT2D eigenvalue weighted by molar-refractivity contribution is 0.0697. The fraction of sp³-hybridized carbons (Fsp3) is 0.385. The maximum atomic E-state index is 11.0. The van der Waals surface area contributed by atoms with E-state index in [0.717, 1.165) is 49.5 Å². The van der Waals surface area contributed by atoms with Crippen molar-refractivity contribution in [1.29, 1.82) is 0 Å². The fourth-order valence-electron chi connectivity index (χ4n) is 4.29. The first-order valence-corrected chi connectivity index (χ1v) is 12.2. The van der Waals surface area contributed by atoms with Crippen molar-refractivity contribution in [3.63, 3.8) is 0 Å². The molecule has 1 saturated heterocycles. The molecule has 1 fully saturated rings. The predicted molar refractivity (Wildman–Crippen MR) is 133 cm³/mol. The van der Waals surface area contributed by atoms with Crippen LogP contribution in [0.1, 0.15) is 54.3 Å². The second-order valence-corrected chi connectivity index (χ2v) is 9.80. The Bertz CT molecular complexity index is 1120. The third-order valence-corrected chi connectivity index (χ3v) is 6.85. The lowest BCUT2D eigenvalue weighted by Gasteiger charge is -2.32. The number of carboxylic acid groups (broad SMARTS) is 1. The molecule has 180 valence electrons. The number of rotatable bonds is 8. The van der Waals surface area contributed by atoms with Gasteiger partial charge >= 0.3 is 5.97 Å². The molecule has 2 heterocycles. The lowest BCUT2D eigenvalue weighted by atomic mass is 9.95. The van der Waals surface area contributed by atoms with E-state index in [9.17, 15) is 4.79 Å². The van der Waals surface area contributed by atoms with Crippen molar-refractivity contribution in [1.82, 2.24) is 10.1 Å². The summed E-state index contributed by atoms with van der Waals surface area (Å²) in [7, 11) is 0. The Morgan fingerprint density at radius 2 is 1.79 bits per heavy atom. The summed E-state index contributed by atoms with van der Waals surface area (Å²) < 4.78 is 11.7. The molecule has 1 aliphatic rings. The third kappa shape index (κ3) is 5.57. The normalized spacial score (nSPS) is 15.1. The van der Waals surface area contributed by atoms with Crippen LogP contribution in [0.25, 0.3) is 11.3 Å². The molecule has 0 aliphatic carbocycles. The van der Waals surface area contributed by atoms with E-state index >= 15 is 0 Å². The van der Waals surface area contributed by atoms with Gasteiger partial charge in [-0.05, 0) is 68.2 Å². The maximum absolute atomic E-state index is 11.0. The van der Waals surface area contributed by atoms with Crippen LogP contribution in [0.15, 0.2) is 47.0 Å². The molecule has 3 aromatic rings. The molecule has 0 radical (unpaired) electrons. The number of likely N-dealkylation sites (tertiary alicyclic amines) is 1. The molecule has 1 aromatic heterocycles. The second kappa shape index (κ2) is 10.8. The number of benzene rings is 2. The fourth-order valence-corrected chi connectivity index (χ4v) is 4.87. The van der Waals surface area contributed by atoms with Crippen LogP contribution in [0, 0.1) is 5.92 Å². The van der Waals surface area contributed by atoms with Crippen molar-refractivity contribution in [2.75, 3.05) is 19.7 Å². The molecular weight excluding hydrogens is 475 g/mol. The van der Waals surface area contributed by atoms with Gasteiger partial charge in [-0.25, -0.2) is 4.79 Å². The number of ether oxygens (including phenoxy) is 1. The summed E-state index contributed by atoms with van der Waals surface area (Å²) in [4.78, 5) is 13.4. The molecule has 8 heteroatoms. The van der Waals surface area contributed by atoms with E-state index in [2.05, 4.69) is 23.9 Å². The third-order valence-electron chi connectivity index (χ3n) is 6.22. The van der Waals surface area contributed by atoms with Crippen molar-refractivity contribution in [2.45, 2.75) is 39.2 Å². The predicted octanol–water partition coefficient (Wildman–Crippen LogP) is 6.76. The topological polar surface area (TPSA) is 75.8 Å². The highest BCUT2D eigenvalue weighted by atomic mass is 35.5. The summed E-state index contributed by atoms with van der Waals surface area (Å²) in [6.45, 7) is 7.39. The van der Waals surface area contributed by atoms with Crippen LogP contribution in [0.4, 0.5) is 0 Å². The van der Waals surface area contributed by atoms with Gasteiger partial charge < -0.3 is 14.4 Å². The van der Waals surface area contributed by atoms with Crippen LogP contribution < -0.4 is 4.74 Å². The molecule has 34 heavy (non-hydrogen) atoms. The molecule has 1 N–H and O–H groups in total. The number of nitrogens with zero attached hydrogens (tertiary/aromatic N) is 2. The summed E-state index contributed by atoms with van der Waals surface area (Å²) in [5.74, 6) is 1.25. The minimum atomic E-state index is -0.938. The molecular formula is C26H28Cl2N2O4. The molecule has 0 atom stereocenters. The zero-order valence-electron chi connectivity index (χ0n) is 19.3. The smallest absolute Gasteiger partial charge is 0.335 e. The summed E-state index contributed by atoms with van der Waals surface area (Å²) in [5, 5.41) is 14.5. The van der Waals surface area contributed by atoms with Crippen molar-refractivity contribution in [3.05, 3.63) is 69.4 Å². The van der Waals surface area contributed by atoms with Crippen molar-refractivity contribution in [3.8, 4) is 17.0 Å². The Labute approximate surface area is 209 Å². The van der Waals surface area contributed by atoms with Gasteiger partial charge in [0.1, 0.15) is 17.2 Å². The van der Waals surface area contributed by atoms with E-state index in [1.54, 1.807) is 24.3 Å². The van der Waals surface area contributed by atoms with E-state index in [1.165, 1.54) is 0 Å². The highest BCUT2D eigenvalue weighted by Gasteiger charge is 2.27. The summed E-state index contributed by atoms with van der Waals surface area (Å²) in [6.07, 6.45) is 2.02. The van der Waals surface area contributed by atoms with Crippen LogP contribution >= 0.6 is 23.2 Å². The molecule has 2 aromatic carbocycles. The summed E-state index contributed by atoms with van der Waals surface area (Å²) in [6, 6.07) is 12.0. The number of hydrogen-bond donors (Lipinski definition) is 1. The van der Waals surface area contributed by atoms with Gasteiger partial charge in [-0.2, -0.15) is 0 Å². The zero-order chi connectivity index (χ0) is 24.2. The highest BCUT2D eigenvalue weighted by molar-refractivity contribution is 6.39. The van der Waals surface area contributed by atoms with Gasteiger partial charge in [0.15, 0.2) is 0 Å². The molecule has 0 unspecified atom stereocenters. The summed E-state index contributed by atoms with van der Waals surface area (Å²) >= 11 is 12.9. The van der Waals surface area contributed by atoms with Crippen molar-refractivity contribution < 1.29 is 19.2 Å². The number of aromatic carboxylic acids is 1. The van der Waals surface area contributed by atoms with E-state index in [4.69, 9.17) is 37.6 Å². The zero-order valence-corrected chi connectivity index (χ0v) is 20.8. The number of carbonyl (C=O) groups is 1. The second-order valence-electron chi connectivity index (χ2n) is 8.99. The van der Waals surface area contributed by atoms with E-state index in [1.807, 2.05) is 18.2 Å². The number of aromatic nitrogens is 1. The van der Waals surface area contributed by atoms with Crippen LogP contribution in [-0.2, 0) is 6.54 Å². The molecule has 0 amide bonds. The SMILES string of the molecule is CC(C)c1onc(-c2c(Cl)cccc2Cl)c1CN1CCC(COc2ccc(C(=O)O)cc2)CC1. The Hall–Kier alpha value is -2.54. The maximum Gasteiger partial charge on any atom is 0.335 e. The quantitative estimate of drug-likeness (QED) is 0.366. The highest BCUT2D eigenvalue weighted by Crippen LogP contribution is 2.39. The van der Waals surface area contributed by atoms with Gasteiger partial charge in [0.05, 0.1) is 22.2 Å². The molecule has 4 rings (SSSR count). The van der Waals surface area contributed by atoms with Gasteiger partial charge in [0.25, 0.3) is 0 Å². The average Bonchev–Trinajstić information content (AvgIpc) is 3.22. The Balaban J connectivity index is 1.39. The average molecular weight is 503 g/mol. The minimum absolute atomic E-state index is 0.191.